The van der Waals surface area contributed by atoms with Crippen molar-refractivity contribution in [2.24, 2.45) is 4.99 Å². The molecule has 1 rings (SSSR count). The fourth-order valence-electron chi connectivity index (χ4n) is 2.01. The van der Waals surface area contributed by atoms with Crippen LogP contribution in [0, 0.1) is 0 Å². The molecular formula is C17H27N3O2. The highest BCUT2D eigenvalue weighted by Crippen LogP contribution is 2.09. The van der Waals surface area contributed by atoms with Gasteiger partial charge in [-0.1, -0.05) is 31.2 Å². The van der Waals surface area contributed by atoms with Crippen molar-refractivity contribution < 1.29 is 9.53 Å². The third kappa shape index (κ3) is 6.61. The van der Waals surface area contributed by atoms with Gasteiger partial charge in [-0.2, -0.15) is 0 Å². The first-order valence-corrected chi connectivity index (χ1v) is 7.59. The monoisotopic (exact) mass is 305 g/mol. The molecule has 0 unspecified atom stereocenters. The van der Waals surface area contributed by atoms with Gasteiger partial charge in [0.1, 0.15) is 12.1 Å². The second-order valence-corrected chi connectivity index (χ2v) is 5.99. The first-order valence-electron chi connectivity index (χ1n) is 7.59. The maximum Gasteiger partial charge on any atom is 0.325 e. The second-order valence-electron chi connectivity index (χ2n) is 5.99. The summed E-state index contributed by atoms with van der Waals surface area (Å²) in [6.07, 6.45) is 0.988. The number of nitrogens with one attached hydrogen (secondary N) is 2. The summed E-state index contributed by atoms with van der Waals surface area (Å²) in [4.78, 5) is 15.8. The van der Waals surface area contributed by atoms with Crippen molar-refractivity contribution in [3.8, 4) is 0 Å². The third-order valence-corrected chi connectivity index (χ3v) is 2.99. The topological polar surface area (TPSA) is 62.7 Å². The fourth-order valence-corrected chi connectivity index (χ4v) is 2.01. The summed E-state index contributed by atoms with van der Waals surface area (Å²) in [7, 11) is 1.68. The fraction of sp³-hybridized carbons (Fsp3) is 0.529. The number of esters is 1. The van der Waals surface area contributed by atoms with E-state index in [0.29, 0.717) is 12.5 Å². The van der Waals surface area contributed by atoms with Gasteiger partial charge in [0.05, 0.1) is 0 Å². The van der Waals surface area contributed by atoms with E-state index >= 15 is 0 Å². The summed E-state index contributed by atoms with van der Waals surface area (Å²) in [5, 5.41) is 6.17. The van der Waals surface area contributed by atoms with E-state index < -0.39 is 5.60 Å². The molecule has 0 radical (unpaired) electrons. The quantitative estimate of drug-likeness (QED) is 0.497. The molecule has 0 aliphatic rings. The molecule has 0 heterocycles. The van der Waals surface area contributed by atoms with Crippen molar-refractivity contribution in [2.45, 2.75) is 46.3 Å². The van der Waals surface area contributed by atoms with Crippen LogP contribution in [0.4, 0.5) is 0 Å². The van der Waals surface area contributed by atoms with Gasteiger partial charge >= 0.3 is 5.97 Å². The lowest BCUT2D eigenvalue weighted by atomic mass is 10.1. The van der Waals surface area contributed by atoms with Crippen LogP contribution < -0.4 is 10.6 Å². The average molecular weight is 305 g/mol. The number of rotatable bonds is 5. The standard InChI is InChI=1S/C17H27N3O2/c1-6-13-9-7-8-10-14(13)11-19-16(18-5)20-12-15(21)22-17(2,3)4/h7-10H,6,11-12H2,1-5H3,(H2,18,19,20). The zero-order valence-electron chi connectivity index (χ0n) is 14.2. The van der Waals surface area contributed by atoms with Crippen LogP contribution in [0.5, 0.6) is 0 Å². The molecule has 1 aromatic rings. The highest BCUT2D eigenvalue weighted by atomic mass is 16.6. The number of carbonyl (C=O) groups excluding carboxylic acids is 1. The van der Waals surface area contributed by atoms with Crippen molar-refractivity contribution in [2.75, 3.05) is 13.6 Å². The predicted molar refractivity (Wildman–Crippen MR) is 89.9 cm³/mol. The maximum atomic E-state index is 11.7. The molecule has 0 aromatic heterocycles. The zero-order valence-corrected chi connectivity index (χ0v) is 14.2. The van der Waals surface area contributed by atoms with Gasteiger partial charge in [0.25, 0.3) is 0 Å². The largest absolute Gasteiger partial charge is 0.459 e. The van der Waals surface area contributed by atoms with Crippen molar-refractivity contribution in [3.63, 3.8) is 0 Å². The molecule has 0 atom stereocenters. The van der Waals surface area contributed by atoms with Gasteiger partial charge in [-0.25, -0.2) is 0 Å². The molecule has 5 nitrogen and oxygen atoms in total. The minimum absolute atomic E-state index is 0.0897. The van der Waals surface area contributed by atoms with Gasteiger partial charge in [0.15, 0.2) is 5.96 Å². The van der Waals surface area contributed by atoms with Crippen LogP contribution >= 0.6 is 0 Å². The molecule has 5 heteroatoms. The summed E-state index contributed by atoms with van der Waals surface area (Å²) < 4.78 is 5.25. The Morgan fingerprint density at radius 1 is 1.18 bits per heavy atom. The number of guanidine groups is 1. The van der Waals surface area contributed by atoms with Crippen molar-refractivity contribution >= 4 is 11.9 Å². The van der Waals surface area contributed by atoms with E-state index in [-0.39, 0.29) is 12.5 Å². The minimum atomic E-state index is -0.476. The Morgan fingerprint density at radius 3 is 2.36 bits per heavy atom. The summed E-state index contributed by atoms with van der Waals surface area (Å²) in [6, 6.07) is 8.27. The Labute approximate surface area is 133 Å². The number of aliphatic imine (C=N–C) groups is 1. The van der Waals surface area contributed by atoms with Crippen molar-refractivity contribution in [1.29, 1.82) is 0 Å². The van der Waals surface area contributed by atoms with E-state index in [1.165, 1.54) is 11.1 Å². The lowest BCUT2D eigenvalue weighted by Crippen LogP contribution is -2.41. The smallest absolute Gasteiger partial charge is 0.325 e. The molecule has 0 fully saturated rings. The molecule has 0 amide bonds. The van der Waals surface area contributed by atoms with Gasteiger partial charge in [-0.05, 0) is 38.3 Å². The number of hydrogen-bond donors (Lipinski definition) is 2. The first kappa shape index (κ1) is 18.0. The molecular weight excluding hydrogens is 278 g/mol. The molecule has 1 aromatic carbocycles. The van der Waals surface area contributed by atoms with E-state index in [9.17, 15) is 4.79 Å². The molecule has 0 aliphatic carbocycles. The normalized spacial score (nSPS) is 12.0. The summed E-state index contributed by atoms with van der Waals surface area (Å²) in [5.41, 5.74) is 2.05. The van der Waals surface area contributed by atoms with E-state index in [0.717, 1.165) is 6.42 Å². The molecule has 0 aliphatic heterocycles. The second kappa shape index (κ2) is 8.41. The third-order valence-electron chi connectivity index (χ3n) is 2.99. The Kier molecular flexibility index (Phi) is 6.89. The van der Waals surface area contributed by atoms with Crippen LogP contribution in [0.15, 0.2) is 29.3 Å². The van der Waals surface area contributed by atoms with E-state index in [2.05, 4.69) is 34.7 Å². The Morgan fingerprint density at radius 2 is 1.82 bits per heavy atom. The van der Waals surface area contributed by atoms with Crippen LogP contribution in [0.25, 0.3) is 0 Å². The molecule has 0 spiro atoms. The van der Waals surface area contributed by atoms with Gasteiger partial charge in [0, 0.05) is 13.6 Å². The van der Waals surface area contributed by atoms with Crippen LogP contribution in [0.3, 0.4) is 0 Å². The number of nitrogens with zero attached hydrogens (tertiary/aromatic N) is 1. The van der Waals surface area contributed by atoms with Crippen LogP contribution in [-0.4, -0.2) is 31.1 Å². The molecule has 0 saturated carbocycles. The van der Waals surface area contributed by atoms with Crippen molar-refractivity contribution in [1.82, 2.24) is 10.6 Å². The molecule has 122 valence electrons. The number of benzene rings is 1. The Bertz CT molecular complexity index is 519. The number of carbonyl (C=O) groups is 1. The molecule has 2 N–H and O–H groups in total. The van der Waals surface area contributed by atoms with E-state index in [4.69, 9.17) is 4.74 Å². The maximum absolute atomic E-state index is 11.7. The highest BCUT2D eigenvalue weighted by molar-refractivity contribution is 5.84. The van der Waals surface area contributed by atoms with Gasteiger partial charge < -0.3 is 15.4 Å². The van der Waals surface area contributed by atoms with Crippen LogP contribution in [0.2, 0.25) is 0 Å². The number of aryl methyl sites for hydroxylation is 1. The summed E-state index contributed by atoms with van der Waals surface area (Å²) in [6.45, 7) is 8.43. The van der Waals surface area contributed by atoms with E-state index in [1.807, 2.05) is 32.9 Å². The highest BCUT2D eigenvalue weighted by Gasteiger charge is 2.16. The Hall–Kier alpha value is -2.04. The lowest BCUT2D eigenvalue weighted by Gasteiger charge is -2.20. The van der Waals surface area contributed by atoms with Gasteiger partial charge in [0.2, 0.25) is 0 Å². The number of ether oxygens (including phenoxy) is 1. The van der Waals surface area contributed by atoms with Crippen molar-refractivity contribution in [3.05, 3.63) is 35.4 Å². The van der Waals surface area contributed by atoms with Crippen LogP contribution in [0.1, 0.15) is 38.8 Å². The summed E-state index contributed by atoms with van der Waals surface area (Å²) in [5.74, 6) is 0.279. The SMILES string of the molecule is CCc1ccccc1CNC(=NC)NCC(=O)OC(C)(C)C. The molecule has 22 heavy (non-hydrogen) atoms. The summed E-state index contributed by atoms with van der Waals surface area (Å²) >= 11 is 0. The molecule has 0 saturated heterocycles. The zero-order chi connectivity index (χ0) is 16.6. The van der Waals surface area contributed by atoms with E-state index in [1.54, 1.807) is 7.05 Å². The lowest BCUT2D eigenvalue weighted by molar-refractivity contribution is -0.153. The Balaban J connectivity index is 2.48. The average Bonchev–Trinajstić information content (AvgIpc) is 2.46. The van der Waals surface area contributed by atoms with Gasteiger partial charge in [-0.15, -0.1) is 0 Å². The molecule has 0 bridgehead atoms. The minimum Gasteiger partial charge on any atom is -0.459 e. The number of hydrogen-bond acceptors (Lipinski definition) is 3. The first-order chi connectivity index (χ1) is 10.4. The predicted octanol–water partition coefficient (Wildman–Crippen LogP) is 2.26. The van der Waals surface area contributed by atoms with Crippen LogP contribution in [-0.2, 0) is 22.5 Å². The van der Waals surface area contributed by atoms with Gasteiger partial charge in [-0.3, -0.25) is 9.79 Å².